The van der Waals surface area contributed by atoms with Crippen molar-refractivity contribution in [3.05, 3.63) is 65.2 Å². The molecule has 2 rings (SSSR count). The Morgan fingerprint density at radius 2 is 1.82 bits per heavy atom. The number of nitrogens with one attached hydrogen (secondary N) is 1. The van der Waals surface area contributed by atoms with Crippen molar-refractivity contribution < 1.29 is 9.53 Å². The Hall–Kier alpha value is -2.00. The molecule has 1 amide bonds. The second-order valence-corrected chi connectivity index (χ2v) is 5.53. The summed E-state index contributed by atoms with van der Waals surface area (Å²) in [4.78, 5) is 11.9. The number of hydrogen-bond acceptors (Lipinski definition) is 2. The smallest absolute Gasteiger partial charge is 0.260 e. The number of carbonyl (C=O) groups excluding carboxylic acids is 1. The molecule has 0 heterocycles. The van der Waals surface area contributed by atoms with E-state index in [4.69, 9.17) is 16.3 Å². The summed E-state index contributed by atoms with van der Waals surface area (Å²) in [6, 6.07) is 17.1. The lowest BCUT2D eigenvalue weighted by atomic mass is 10.1. The van der Waals surface area contributed by atoms with Gasteiger partial charge in [0.05, 0.1) is 0 Å². The number of amides is 1. The zero-order chi connectivity index (χ0) is 15.8. The van der Waals surface area contributed by atoms with Gasteiger partial charge in [0.25, 0.3) is 5.91 Å². The standard InChI is InChI=1S/C18H20ClNO2/c1-14(22-17-7-3-2-4-8-17)18(21)20-13-5-6-15-9-11-16(19)12-10-15/h2-4,7-12,14H,5-6,13H2,1H3,(H,20,21). The van der Waals surface area contributed by atoms with Crippen LogP contribution in [0.3, 0.4) is 0 Å². The maximum Gasteiger partial charge on any atom is 0.260 e. The summed E-state index contributed by atoms with van der Waals surface area (Å²) in [5.41, 5.74) is 1.22. The zero-order valence-corrected chi connectivity index (χ0v) is 13.3. The first-order valence-electron chi connectivity index (χ1n) is 7.39. The normalized spacial score (nSPS) is 11.7. The molecule has 0 bridgehead atoms. The molecule has 2 aromatic rings. The summed E-state index contributed by atoms with van der Waals surface area (Å²) < 4.78 is 5.58. The van der Waals surface area contributed by atoms with Gasteiger partial charge in [-0.2, -0.15) is 0 Å². The van der Waals surface area contributed by atoms with Gasteiger partial charge in [-0.3, -0.25) is 4.79 Å². The van der Waals surface area contributed by atoms with Crippen LogP contribution in [0.25, 0.3) is 0 Å². The van der Waals surface area contributed by atoms with Crippen LogP contribution < -0.4 is 10.1 Å². The van der Waals surface area contributed by atoms with Gasteiger partial charge in [-0.25, -0.2) is 0 Å². The van der Waals surface area contributed by atoms with Crippen molar-refractivity contribution in [1.82, 2.24) is 5.32 Å². The van der Waals surface area contributed by atoms with Crippen LogP contribution in [0, 0.1) is 0 Å². The molecule has 3 nitrogen and oxygen atoms in total. The first-order valence-corrected chi connectivity index (χ1v) is 7.77. The number of benzene rings is 2. The lowest BCUT2D eigenvalue weighted by Gasteiger charge is -2.14. The van der Waals surface area contributed by atoms with Gasteiger partial charge in [0.15, 0.2) is 6.10 Å². The largest absolute Gasteiger partial charge is 0.481 e. The molecule has 0 radical (unpaired) electrons. The molecule has 0 saturated heterocycles. The quantitative estimate of drug-likeness (QED) is 0.788. The summed E-state index contributed by atoms with van der Waals surface area (Å²) in [7, 11) is 0. The maximum atomic E-state index is 11.9. The van der Waals surface area contributed by atoms with Gasteiger partial charge in [-0.05, 0) is 49.6 Å². The van der Waals surface area contributed by atoms with Gasteiger partial charge in [0, 0.05) is 11.6 Å². The fourth-order valence-electron chi connectivity index (χ4n) is 2.06. The Kier molecular flexibility index (Phi) is 6.28. The second kappa shape index (κ2) is 8.44. The summed E-state index contributed by atoms with van der Waals surface area (Å²) in [5.74, 6) is 0.603. The van der Waals surface area contributed by atoms with Gasteiger partial charge in [0.1, 0.15) is 5.75 Å². The van der Waals surface area contributed by atoms with E-state index in [1.807, 2.05) is 54.6 Å². The van der Waals surface area contributed by atoms with Crippen LogP contribution >= 0.6 is 11.6 Å². The summed E-state index contributed by atoms with van der Waals surface area (Å²) in [6.45, 7) is 2.38. The van der Waals surface area contributed by atoms with Crippen molar-refractivity contribution in [3.8, 4) is 5.75 Å². The van der Waals surface area contributed by atoms with E-state index in [0.717, 1.165) is 17.9 Å². The Morgan fingerprint density at radius 3 is 2.50 bits per heavy atom. The predicted octanol–water partition coefficient (Wildman–Crippen LogP) is 3.86. The molecular formula is C18H20ClNO2. The van der Waals surface area contributed by atoms with Gasteiger partial charge in [0.2, 0.25) is 0 Å². The number of ether oxygens (including phenoxy) is 1. The average molecular weight is 318 g/mol. The molecule has 0 aliphatic carbocycles. The van der Waals surface area contributed by atoms with Crippen molar-refractivity contribution in [2.45, 2.75) is 25.9 Å². The molecule has 2 aromatic carbocycles. The number of halogens is 1. The Balaban J connectivity index is 1.67. The van der Waals surface area contributed by atoms with Crippen LogP contribution in [0.5, 0.6) is 5.75 Å². The molecule has 0 fully saturated rings. The van der Waals surface area contributed by atoms with Crippen molar-refractivity contribution in [1.29, 1.82) is 0 Å². The van der Waals surface area contributed by atoms with Gasteiger partial charge in [-0.15, -0.1) is 0 Å². The highest BCUT2D eigenvalue weighted by molar-refractivity contribution is 6.30. The summed E-state index contributed by atoms with van der Waals surface area (Å²) in [6.07, 6.45) is 1.29. The molecule has 4 heteroatoms. The van der Waals surface area contributed by atoms with E-state index >= 15 is 0 Å². The van der Waals surface area contributed by atoms with E-state index in [0.29, 0.717) is 12.3 Å². The molecule has 1 atom stereocenters. The highest BCUT2D eigenvalue weighted by atomic mass is 35.5. The molecule has 0 saturated carbocycles. The number of hydrogen-bond donors (Lipinski definition) is 1. The zero-order valence-electron chi connectivity index (χ0n) is 12.6. The molecule has 22 heavy (non-hydrogen) atoms. The second-order valence-electron chi connectivity index (χ2n) is 5.09. The maximum absolute atomic E-state index is 11.9. The highest BCUT2D eigenvalue weighted by Gasteiger charge is 2.13. The van der Waals surface area contributed by atoms with Crippen LogP contribution in [0.2, 0.25) is 5.02 Å². The number of aryl methyl sites for hydroxylation is 1. The number of carbonyl (C=O) groups is 1. The molecule has 1 N–H and O–H groups in total. The number of rotatable bonds is 7. The molecule has 0 aliphatic rings. The van der Waals surface area contributed by atoms with E-state index in [9.17, 15) is 4.79 Å². The Morgan fingerprint density at radius 1 is 1.14 bits per heavy atom. The summed E-state index contributed by atoms with van der Waals surface area (Å²) >= 11 is 5.84. The van der Waals surface area contributed by atoms with Crippen LogP contribution in [0.15, 0.2) is 54.6 Å². The average Bonchev–Trinajstić information content (AvgIpc) is 2.54. The highest BCUT2D eigenvalue weighted by Crippen LogP contribution is 2.11. The van der Waals surface area contributed by atoms with E-state index < -0.39 is 6.10 Å². The third-order valence-corrected chi connectivity index (χ3v) is 3.53. The first kappa shape index (κ1) is 16.4. The third-order valence-electron chi connectivity index (χ3n) is 3.28. The monoisotopic (exact) mass is 317 g/mol. The summed E-state index contributed by atoms with van der Waals surface area (Å²) in [5, 5.41) is 3.63. The topological polar surface area (TPSA) is 38.3 Å². The molecule has 116 valence electrons. The lowest BCUT2D eigenvalue weighted by molar-refractivity contribution is -0.127. The molecular weight excluding hydrogens is 298 g/mol. The molecule has 1 unspecified atom stereocenters. The van der Waals surface area contributed by atoms with E-state index in [-0.39, 0.29) is 5.91 Å². The van der Waals surface area contributed by atoms with Gasteiger partial charge in [-0.1, -0.05) is 41.9 Å². The fraction of sp³-hybridized carbons (Fsp3) is 0.278. The molecule has 0 aromatic heterocycles. The van der Waals surface area contributed by atoms with Gasteiger partial charge < -0.3 is 10.1 Å². The van der Waals surface area contributed by atoms with E-state index in [1.54, 1.807) is 6.92 Å². The van der Waals surface area contributed by atoms with Crippen molar-refractivity contribution in [2.75, 3.05) is 6.54 Å². The first-order chi connectivity index (χ1) is 10.6. The van der Waals surface area contributed by atoms with Crippen LogP contribution in [0.1, 0.15) is 18.9 Å². The minimum atomic E-state index is -0.502. The number of para-hydroxylation sites is 1. The molecule has 0 aliphatic heterocycles. The Bertz CT molecular complexity index is 584. The third kappa shape index (κ3) is 5.41. The van der Waals surface area contributed by atoms with Crippen LogP contribution in [-0.4, -0.2) is 18.6 Å². The SMILES string of the molecule is CC(Oc1ccccc1)C(=O)NCCCc1ccc(Cl)cc1. The Labute approximate surface area is 136 Å². The van der Waals surface area contributed by atoms with E-state index in [1.165, 1.54) is 5.56 Å². The van der Waals surface area contributed by atoms with E-state index in [2.05, 4.69) is 5.32 Å². The van der Waals surface area contributed by atoms with Crippen LogP contribution in [-0.2, 0) is 11.2 Å². The fourth-order valence-corrected chi connectivity index (χ4v) is 2.18. The molecule has 0 spiro atoms. The minimum absolute atomic E-state index is 0.0973. The minimum Gasteiger partial charge on any atom is -0.481 e. The van der Waals surface area contributed by atoms with Crippen molar-refractivity contribution in [2.24, 2.45) is 0 Å². The predicted molar refractivity (Wildman–Crippen MR) is 89.3 cm³/mol. The van der Waals surface area contributed by atoms with Gasteiger partial charge >= 0.3 is 0 Å². The van der Waals surface area contributed by atoms with Crippen LogP contribution in [0.4, 0.5) is 0 Å². The lowest BCUT2D eigenvalue weighted by Crippen LogP contribution is -2.36. The van der Waals surface area contributed by atoms with Crippen molar-refractivity contribution in [3.63, 3.8) is 0 Å². The van der Waals surface area contributed by atoms with Crippen molar-refractivity contribution >= 4 is 17.5 Å².